The molecule has 0 saturated heterocycles. The molecule has 1 fully saturated rings. The molecule has 1 saturated carbocycles. The molecule has 27 heavy (non-hydrogen) atoms. The van der Waals surface area contributed by atoms with Crippen molar-refractivity contribution in [1.29, 1.82) is 0 Å². The smallest absolute Gasteiger partial charge is 0.293 e. The zero-order chi connectivity index (χ0) is 18.8. The Morgan fingerprint density at radius 1 is 1.33 bits per heavy atom. The highest BCUT2D eigenvalue weighted by Gasteiger charge is 2.24. The summed E-state index contributed by atoms with van der Waals surface area (Å²) >= 11 is 1.50. The van der Waals surface area contributed by atoms with Gasteiger partial charge in [-0.15, -0.1) is 16.4 Å². The molecule has 3 aromatic rings. The number of hydrogen-bond acceptors (Lipinski definition) is 5. The van der Waals surface area contributed by atoms with Crippen LogP contribution in [0.1, 0.15) is 23.5 Å². The van der Waals surface area contributed by atoms with Crippen molar-refractivity contribution in [3.8, 4) is 16.4 Å². The molecule has 1 amide bonds. The second kappa shape index (κ2) is 7.58. The van der Waals surface area contributed by atoms with Gasteiger partial charge in [-0.2, -0.15) is 0 Å². The number of hydrogen-bond donors (Lipinski definition) is 0. The van der Waals surface area contributed by atoms with Gasteiger partial charge in [-0.25, -0.2) is 14.1 Å². The van der Waals surface area contributed by atoms with Crippen LogP contribution >= 0.6 is 11.3 Å². The Morgan fingerprint density at radius 3 is 2.78 bits per heavy atom. The van der Waals surface area contributed by atoms with E-state index < -0.39 is 0 Å². The Hall–Kier alpha value is -2.58. The second-order valence-corrected chi connectivity index (χ2v) is 7.37. The summed E-state index contributed by atoms with van der Waals surface area (Å²) in [6, 6.07) is 9.77. The van der Waals surface area contributed by atoms with Crippen LogP contribution in [0.25, 0.3) is 16.4 Å². The van der Waals surface area contributed by atoms with Crippen LogP contribution in [-0.2, 0) is 4.74 Å². The number of carbonyl (C=O) groups excluding carboxylic acids is 1. The fourth-order valence-corrected chi connectivity index (χ4v) is 3.29. The van der Waals surface area contributed by atoms with E-state index in [1.807, 2.05) is 17.5 Å². The van der Waals surface area contributed by atoms with Gasteiger partial charge in [0.2, 0.25) is 5.82 Å². The molecular weight excluding hydrogens is 367 g/mol. The molecule has 0 aliphatic heterocycles. The summed E-state index contributed by atoms with van der Waals surface area (Å²) in [5.74, 6) is 0.0653. The van der Waals surface area contributed by atoms with Crippen LogP contribution in [0.5, 0.6) is 0 Å². The lowest BCUT2D eigenvalue weighted by molar-refractivity contribution is 0.0658. The van der Waals surface area contributed by atoms with Crippen LogP contribution in [-0.4, -0.2) is 51.9 Å². The number of likely N-dealkylation sites (N-methyl/N-ethyl adjacent to an activating group) is 1. The van der Waals surface area contributed by atoms with Crippen molar-refractivity contribution < 1.29 is 13.9 Å². The SMILES string of the molecule is CN(CCOC1CC1)C(=O)c1nc(-c2cccs2)n(-c2ccc(F)cc2)n1. The largest absolute Gasteiger partial charge is 0.376 e. The monoisotopic (exact) mass is 386 g/mol. The molecular formula is C19H19FN4O2S. The van der Waals surface area contributed by atoms with Crippen molar-refractivity contribution in [3.63, 3.8) is 0 Å². The van der Waals surface area contributed by atoms with Gasteiger partial charge in [0.1, 0.15) is 5.82 Å². The average molecular weight is 386 g/mol. The molecule has 8 heteroatoms. The van der Waals surface area contributed by atoms with Crippen molar-refractivity contribution >= 4 is 17.2 Å². The first kappa shape index (κ1) is 17.8. The lowest BCUT2D eigenvalue weighted by atomic mass is 10.3. The molecule has 6 nitrogen and oxygen atoms in total. The van der Waals surface area contributed by atoms with E-state index in [-0.39, 0.29) is 17.5 Å². The first-order valence-corrected chi connectivity index (χ1v) is 9.64. The molecule has 1 aromatic carbocycles. The van der Waals surface area contributed by atoms with Gasteiger partial charge < -0.3 is 9.64 Å². The molecule has 1 aliphatic carbocycles. The third kappa shape index (κ3) is 4.06. The summed E-state index contributed by atoms with van der Waals surface area (Å²) in [4.78, 5) is 19.6. The number of benzene rings is 1. The Morgan fingerprint density at radius 2 is 2.11 bits per heavy atom. The Kier molecular flexibility index (Phi) is 5.00. The van der Waals surface area contributed by atoms with Crippen molar-refractivity contribution in [3.05, 3.63) is 53.4 Å². The predicted octanol–water partition coefficient (Wildman–Crippen LogP) is 3.39. The van der Waals surface area contributed by atoms with Crippen LogP contribution in [0.4, 0.5) is 4.39 Å². The zero-order valence-electron chi connectivity index (χ0n) is 14.8. The number of carbonyl (C=O) groups is 1. The molecule has 1 aliphatic rings. The van der Waals surface area contributed by atoms with E-state index in [9.17, 15) is 9.18 Å². The lowest BCUT2D eigenvalue weighted by Gasteiger charge is -2.14. The summed E-state index contributed by atoms with van der Waals surface area (Å²) in [5, 5.41) is 6.33. The topological polar surface area (TPSA) is 60.2 Å². The highest BCUT2D eigenvalue weighted by Crippen LogP contribution is 2.26. The molecule has 140 valence electrons. The molecule has 0 spiro atoms. The van der Waals surface area contributed by atoms with E-state index >= 15 is 0 Å². The third-order valence-electron chi connectivity index (χ3n) is 4.26. The number of amides is 1. The Bertz CT molecular complexity index is 920. The van der Waals surface area contributed by atoms with Gasteiger partial charge in [0.05, 0.1) is 23.3 Å². The van der Waals surface area contributed by atoms with Gasteiger partial charge in [0, 0.05) is 13.6 Å². The van der Waals surface area contributed by atoms with Gasteiger partial charge in [0.25, 0.3) is 5.91 Å². The van der Waals surface area contributed by atoms with E-state index in [0.717, 1.165) is 17.7 Å². The number of halogens is 1. The fourth-order valence-electron chi connectivity index (χ4n) is 2.59. The van der Waals surface area contributed by atoms with Gasteiger partial charge in [-0.1, -0.05) is 6.07 Å². The van der Waals surface area contributed by atoms with Gasteiger partial charge in [-0.05, 0) is 48.6 Å². The zero-order valence-corrected chi connectivity index (χ0v) is 15.7. The van der Waals surface area contributed by atoms with E-state index in [1.54, 1.807) is 28.8 Å². The molecule has 2 aromatic heterocycles. The standard InChI is InChI=1S/C19H19FN4O2S/c1-23(10-11-26-15-8-9-15)19(25)17-21-18(16-3-2-12-27-16)24(22-17)14-6-4-13(20)5-7-14/h2-7,12,15H,8-11H2,1H3. The molecule has 4 rings (SSSR count). The molecule has 2 heterocycles. The van der Waals surface area contributed by atoms with Crippen LogP contribution < -0.4 is 0 Å². The quantitative estimate of drug-likeness (QED) is 0.625. The van der Waals surface area contributed by atoms with Gasteiger partial charge in [-0.3, -0.25) is 4.79 Å². The molecule has 0 bridgehead atoms. The minimum absolute atomic E-state index is 0.108. The van der Waals surface area contributed by atoms with Crippen molar-refractivity contribution in [2.24, 2.45) is 0 Å². The summed E-state index contributed by atoms with van der Waals surface area (Å²) in [6.45, 7) is 0.984. The molecule has 0 unspecified atom stereocenters. The van der Waals surface area contributed by atoms with Crippen LogP contribution in [0.3, 0.4) is 0 Å². The lowest BCUT2D eigenvalue weighted by Crippen LogP contribution is -2.31. The number of ether oxygens (including phenoxy) is 1. The predicted molar refractivity (Wildman–Crippen MR) is 101 cm³/mol. The highest BCUT2D eigenvalue weighted by atomic mass is 32.1. The third-order valence-corrected chi connectivity index (χ3v) is 5.13. The Labute approximate surface area is 160 Å². The van der Waals surface area contributed by atoms with E-state index in [4.69, 9.17) is 4.74 Å². The normalized spacial score (nSPS) is 13.7. The second-order valence-electron chi connectivity index (χ2n) is 6.42. The minimum atomic E-state index is -0.330. The van der Waals surface area contributed by atoms with Crippen LogP contribution in [0, 0.1) is 5.82 Å². The van der Waals surface area contributed by atoms with Gasteiger partial charge in [0.15, 0.2) is 5.82 Å². The average Bonchev–Trinajstić information content (AvgIpc) is 3.16. The highest BCUT2D eigenvalue weighted by molar-refractivity contribution is 7.13. The summed E-state index contributed by atoms with van der Waals surface area (Å²) in [7, 11) is 1.71. The number of rotatable bonds is 7. The van der Waals surface area contributed by atoms with E-state index in [2.05, 4.69) is 10.1 Å². The summed E-state index contributed by atoms with van der Waals surface area (Å²) in [5.41, 5.74) is 0.645. The fraction of sp³-hybridized carbons (Fsp3) is 0.316. The van der Waals surface area contributed by atoms with Crippen LogP contribution in [0.2, 0.25) is 0 Å². The molecule has 0 radical (unpaired) electrons. The Balaban J connectivity index is 1.60. The number of thiophene rings is 1. The van der Waals surface area contributed by atoms with Crippen molar-refractivity contribution in [2.75, 3.05) is 20.2 Å². The maximum Gasteiger partial charge on any atom is 0.293 e. The van der Waals surface area contributed by atoms with Crippen LogP contribution in [0.15, 0.2) is 41.8 Å². The number of aromatic nitrogens is 3. The maximum atomic E-state index is 13.3. The van der Waals surface area contributed by atoms with E-state index in [1.165, 1.54) is 23.5 Å². The first-order chi connectivity index (χ1) is 13.1. The summed E-state index contributed by atoms with van der Waals surface area (Å²) in [6.07, 6.45) is 2.56. The number of nitrogens with zero attached hydrogens (tertiary/aromatic N) is 4. The van der Waals surface area contributed by atoms with Crippen molar-refractivity contribution in [1.82, 2.24) is 19.7 Å². The molecule has 0 atom stereocenters. The molecule has 0 N–H and O–H groups in total. The van der Waals surface area contributed by atoms with E-state index in [0.29, 0.717) is 30.8 Å². The van der Waals surface area contributed by atoms with Crippen molar-refractivity contribution in [2.45, 2.75) is 18.9 Å². The first-order valence-electron chi connectivity index (χ1n) is 8.76. The maximum absolute atomic E-state index is 13.3. The minimum Gasteiger partial charge on any atom is -0.376 e. The van der Waals surface area contributed by atoms with Gasteiger partial charge >= 0.3 is 0 Å². The summed E-state index contributed by atoms with van der Waals surface area (Å²) < 4.78 is 20.5.